The van der Waals surface area contributed by atoms with Crippen molar-refractivity contribution in [3.8, 4) is 5.88 Å². The van der Waals surface area contributed by atoms with Gasteiger partial charge in [-0.2, -0.15) is 9.61 Å². The first-order chi connectivity index (χ1) is 14.9. The normalized spacial score (nSPS) is 16.5. The van der Waals surface area contributed by atoms with Crippen LogP contribution < -0.4 is 15.4 Å². The van der Waals surface area contributed by atoms with E-state index in [4.69, 9.17) is 4.74 Å². The molecule has 31 heavy (non-hydrogen) atoms. The molecule has 1 amide bonds. The number of amides is 1. The van der Waals surface area contributed by atoms with Gasteiger partial charge in [0.25, 0.3) is 5.91 Å². The van der Waals surface area contributed by atoms with Gasteiger partial charge in [0, 0.05) is 18.7 Å². The maximum absolute atomic E-state index is 14.0. The molecule has 0 radical (unpaired) electrons. The van der Waals surface area contributed by atoms with E-state index in [0.717, 1.165) is 31.4 Å². The third kappa shape index (κ3) is 4.54. The Morgan fingerprint density at radius 3 is 2.74 bits per heavy atom. The van der Waals surface area contributed by atoms with Crippen LogP contribution in [0.4, 0.5) is 8.78 Å². The lowest BCUT2D eigenvalue weighted by atomic mass is 10.0. The van der Waals surface area contributed by atoms with E-state index < -0.39 is 11.6 Å². The fourth-order valence-electron chi connectivity index (χ4n) is 3.96. The summed E-state index contributed by atoms with van der Waals surface area (Å²) in [6.07, 6.45) is 3.36. The molecule has 3 heterocycles. The van der Waals surface area contributed by atoms with Crippen molar-refractivity contribution in [1.29, 1.82) is 0 Å². The van der Waals surface area contributed by atoms with Gasteiger partial charge in [-0.1, -0.05) is 12.5 Å². The van der Waals surface area contributed by atoms with Crippen LogP contribution in [0.2, 0.25) is 0 Å². The zero-order valence-corrected chi connectivity index (χ0v) is 17.7. The summed E-state index contributed by atoms with van der Waals surface area (Å²) in [6, 6.07) is 7.54. The second-order valence-corrected chi connectivity index (χ2v) is 7.97. The van der Waals surface area contributed by atoms with E-state index in [9.17, 15) is 13.6 Å². The molecule has 0 spiro atoms. The van der Waals surface area contributed by atoms with Crippen LogP contribution in [0.25, 0.3) is 5.52 Å². The number of hydrogen-bond acceptors (Lipinski definition) is 4. The molecule has 0 aliphatic carbocycles. The number of piperidine rings is 1. The molecule has 1 aliphatic heterocycles. The molecule has 1 saturated heterocycles. The van der Waals surface area contributed by atoms with Gasteiger partial charge in [-0.25, -0.2) is 8.78 Å². The molecule has 0 bridgehead atoms. The smallest absolute Gasteiger partial charge is 0.255 e. The van der Waals surface area contributed by atoms with E-state index in [2.05, 4.69) is 15.7 Å². The van der Waals surface area contributed by atoms with Gasteiger partial charge in [0.1, 0.15) is 18.2 Å². The minimum Gasteiger partial charge on any atom is -0.473 e. The maximum Gasteiger partial charge on any atom is 0.255 e. The summed E-state index contributed by atoms with van der Waals surface area (Å²) in [5, 5.41) is 10.9. The largest absolute Gasteiger partial charge is 0.473 e. The number of carbonyl (C=O) groups excluding carboxylic acids is 1. The first kappa shape index (κ1) is 21.2. The zero-order valence-electron chi connectivity index (χ0n) is 17.7. The number of benzene rings is 1. The Morgan fingerprint density at radius 2 is 2.03 bits per heavy atom. The maximum atomic E-state index is 14.0. The fraction of sp³-hybridized carbons (Fsp3) is 0.391. The molecule has 1 aliphatic rings. The molecular weight excluding hydrogens is 402 g/mol. The summed E-state index contributed by atoms with van der Waals surface area (Å²) in [5.74, 6) is -1.22. The van der Waals surface area contributed by atoms with Gasteiger partial charge in [0.15, 0.2) is 0 Å². The van der Waals surface area contributed by atoms with Gasteiger partial charge in [0.2, 0.25) is 5.88 Å². The number of halogens is 2. The monoisotopic (exact) mass is 428 g/mol. The average molecular weight is 428 g/mol. The van der Waals surface area contributed by atoms with Crippen molar-refractivity contribution >= 4 is 11.4 Å². The first-order valence-corrected chi connectivity index (χ1v) is 10.5. The zero-order chi connectivity index (χ0) is 22.0. The van der Waals surface area contributed by atoms with Crippen LogP contribution in [0.5, 0.6) is 5.88 Å². The van der Waals surface area contributed by atoms with E-state index in [1.165, 1.54) is 22.7 Å². The predicted octanol–water partition coefficient (Wildman–Crippen LogP) is 3.68. The number of rotatable bonds is 6. The van der Waals surface area contributed by atoms with Gasteiger partial charge in [-0.3, -0.25) is 4.79 Å². The summed E-state index contributed by atoms with van der Waals surface area (Å²) in [6.45, 7) is 4.86. The Bertz CT molecular complexity index is 1090. The number of carbonyl (C=O) groups is 1. The van der Waals surface area contributed by atoms with Crippen LogP contribution in [0, 0.1) is 25.5 Å². The topological polar surface area (TPSA) is 67.7 Å². The van der Waals surface area contributed by atoms with Crippen LogP contribution in [0.15, 0.2) is 30.3 Å². The lowest BCUT2D eigenvalue weighted by Gasteiger charge is -2.23. The van der Waals surface area contributed by atoms with Crippen LogP contribution in [0.3, 0.4) is 0 Å². The Labute approximate surface area is 179 Å². The SMILES string of the molecule is Cc1cc(OCc2c(F)cccc2F)n2nc(C)c(C(=O)NCC3CCCCN3)c2c1. The van der Waals surface area contributed by atoms with Gasteiger partial charge in [-0.05, 0) is 57.0 Å². The second kappa shape index (κ2) is 9.01. The van der Waals surface area contributed by atoms with E-state index in [1.54, 1.807) is 13.0 Å². The number of ether oxygens (including phenoxy) is 1. The molecule has 4 rings (SSSR count). The summed E-state index contributed by atoms with van der Waals surface area (Å²) in [7, 11) is 0. The van der Waals surface area contributed by atoms with E-state index >= 15 is 0 Å². The third-order valence-electron chi connectivity index (χ3n) is 5.59. The highest BCUT2D eigenvalue weighted by molar-refractivity contribution is 6.02. The van der Waals surface area contributed by atoms with Crippen molar-refractivity contribution in [2.24, 2.45) is 0 Å². The van der Waals surface area contributed by atoms with Crippen molar-refractivity contribution in [3.05, 3.63) is 64.4 Å². The molecule has 1 fully saturated rings. The highest BCUT2D eigenvalue weighted by Gasteiger charge is 2.21. The number of aryl methyl sites for hydroxylation is 2. The standard InChI is InChI=1S/C23H26F2N4O2/c1-14-10-20-22(23(30)27-12-16-6-3-4-9-26-16)15(2)28-29(20)21(11-14)31-13-17-18(24)7-5-8-19(17)25/h5,7-8,10-11,16,26H,3-4,6,9,12-13H2,1-2H3,(H,27,30). The molecule has 1 aromatic carbocycles. The molecule has 6 nitrogen and oxygen atoms in total. The van der Waals surface area contributed by atoms with Crippen LogP contribution >= 0.6 is 0 Å². The minimum absolute atomic E-state index is 0.154. The Balaban J connectivity index is 1.58. The average Bonchev–Trinajstić information content (AvgIpc) is 3.08. The van der Waals surface area contributed by atoms with Crippen LogP contribution in [-0.2, 0) is 6.61 Å². The Hall–Kier alpha value is -3.00. The molecule has 2 N–H and O–H groups in total. The molecule has 1 unspecified atom stereocenters. The van der Waals surface area contributed by atoms with E-state index in [0.29, 0.717) is 29.2 Å². The molecule has 0 saturated carbocycles. The lowest BCUT2D eigenvalue weighted by Crippen LogP contribution is -2.43. The van der Waals surface area contributed by atoms with Crippen molar-refractivity contribution in [1.82, 2.24) is 20.2 Å². The van der Waals surface area contributed by atoms with Crippen molar-refractivity contribution < 1.29 is 18.3 Å². The number of pyridine rings is 1. The van der Waals surface area contributed by atoms with Gasteiger partial charge >= 0.3 is 0 Å². The van der Waals surface area contributed by atoms with Crippen molar-refractivity contribution in [2.75, 3.05) is 13.1 Å². The Kier molecular flexibility index (Phi) is 6.18. The number of nitrogens with one attached hydrogen (secondary N) is 2. The number of hydrogen-bond donors (Lipinski definition) is 2. The van der Waals surface area contributed by atoms with Crippen molar-refractivity contribution in [2.45, 2.75) is 45.8 Å². The molecular formula is C23H26F2N4O2. The summed E-state index contributed by atoms with van der Waals surface area (Å²) in [4.78, 5) is 12.9. The first-order valence-electron chi connectivity index (χ1n) is 10.5. The molecule has 8 heteroatoms. The van der Waals surface area contributed by atoms with Crippen molar-refractivity contribution in [3.63, 3.8) is 0 Å². The highest BCUT2D eigenvalue weighted by atomic mass is 19.1. The predicted molar refractivity (Wildman–Crippen MR) is 113 cm³/mol. The quantitative estimate of drug-likeness (QED) is 0.629. The minimum atomic E-state index is -0.670. The number of fused-ring (bicyclic) bond motifs is 1. The van der Waals surface area contributed by atoms with Gasteiger partial charge < -0.3 is 15.4 Å². The lowest BCUT2D eigenvalue weighted by molar-refractivity contribution is 0.0949. The number of aromatic nitrogens is 2. The summed E-state index contributed by atoms with van der Waals surface area (Å²) < 4.78 is 35.2. The third-order valence-corrected chi connectivity index (χ3v) is 5.59. The van der Waals surface area contributed by atoms with E-state index in [-0.39, 0.29) is 24.1 Å². The van der Waals surface area contributed by atoms with Crippen LogP contribution in [0.1, 0.15) is 46.4 Å². The summed E-state index contributed by atoms with van der Waals surface area (Å²) >= 11 is 0. The van der Waals surface area contributed by atoms with Gasteiger partial charge in [-0.15, -0.1) is 0 Å². The molecule has 2 aromatic heterocycles. The fourth-order valence-corrected chi connectivity index (χ4v) is 3.96. The molecule has 1 atom stereocenters. The number of nitrogens with zero attached hydrogens (tertiary/aromatic N) is 2. The molecule has 3 aromatic rings. The van der Waals surface area contributed by atoms with Gasteiger partial charge in [0.05, 0.1) is 22.3 Å². The second-order valence-electron chi connectivity index (χ2n) is 7.97. The Morgan fingerprint density at radius 1 is 1.26 bits per heavy atom. The molecule has 164 valence electrons. The highest BCUT2D eigenvalue weighted by Crippen LogP contribution is 2.25. The van der Waals surface area contributed by atoms with E-state index in [1.807, 2.05) is 13.0 Å². The van der Waals surface area contributed by atoms with Crippen LogP contribution in [-0.4, -0.2) is 34.7 Å². The summed E-state index contributed by atoms with van der Waals surface area (Å²) in [5.41, 5.74) is 2.32.